The predicted molar refractivity (Wildman–Crippen MR) is 79.2 cm³/mol. The molecule has 4 nitrogen and oxygen atoms in total. The molecule has 1 atom stereocenters. The molecule has 1 saturated heterocycles. The van der Waals surface area contributed by atoms with Gasteiger partial charge in [-0.2, -0.15) is 0 Å². The molecule has 0 aliphatic carbocycles. The third kappa shape index (κ3) is 5.79. The lowest BCUT2D eigenvalue weighted by Crippen LogP contribution is -2.34. The number of aromatic nitrogens is 2. The number of ether oxygens (including phenoxy) is 1. The first-order valence-corrected chi connectivity index (χ1v) is 6.99. The molecule has 108 valence electrons. The van der Waals surface area contributed by atoms with Crippen molar-refractivity contribution in [2.45, 2.75) is 38.3 Å². The number of nitrogens with zero attached hydrogens (tertiary/aromatic N) is 2. The normalized spacial score (nSPS) is 18.9. The molecular weight excluding hydrogens is 309 g/mol. The van der Waals surface area contributed by atoms with Gasteiger partial charge in [-0.3, -0.25) is 0 Å². The molecule has 1 aromatic heterocycles. The number of hydrogen-bond acceptors (Lipinski definition) is 4. The SMILES string of the molecule is Cl.Clc1ncc(COCCC2CCCCN2)c(Cl)n1. The molecule has 1 aliphatic heterocycles. The van der Waals surface area contributed by atoms with Crippen LogP contribution in [0, 0.1) is 0 Å². The van der Waals surface area contributed by atoms with Crippen molar-refractivity contribution in [1.82, 2.24) is 15.3 Å². The smallest absolute Gasteiger partial charge is 0.223 e. The first-order chi connectivity index (χ1) is 8.75. The van der Waals surface area contributed by atoms with Crippen molar-refractivity contribution in [2.24, 2.45) is 0 Å². The largest absolute Gasteiger partial charge is 0.377 e. The predicted octanol–water partition coefficient (Wildman–Crippen LogP) is 3.25. The van der Waals surface area contributed by atoms with Gasteiger partial charge in [0.15, 0.2) is 0 Å². The highest BCUT2D eigenvalue weighted by Gasteiger charge is 2.12. The molecule has 2 heterocycles. The average molecular weight is 327 g/mol. The van der Waals surface area contributed by atoms with E-state index in [1.54, 1.807) is 6.20 Å². The summed E-state index contributed by atoms with van der Waals surface area (Å²) in [6, 6.07) is 0.593. The third-order valence-corrected chi connectivity index (χ3v) is 3.57. The zero-order valence-electron chi connectivity index (χ0n) is 10.6. The molecule has 1 aliphatic rings. The van der Waals surface area contributed by atoms with Crippen LogP contribution in [-0.4, -0.2) is 29.2 Å². The monoisotopic (exact) mass is 325 g/mol. The Labute approximate surface area is 129 Å². The minimum atomic E-state index is 0. The summed E-state index contributed by atoms with van der Waals surface area (Å²) in [4.78, 5) is 7.76. The van der Waals surface area contributed by atoms with Crippen LogP contribution in [0.4, 0.5) is 0 Å². The summed E-state index contributed by atoms with van der Waals surface area (Å²) in [5, 5.41) is 4.02. The van der Waals surface area contributed by atoms with E-state index in [4.69, 9.17) is 27.9 Å². The Morgan fingerprint density at radius 1 is 1.37 bits per heavy atom. The van der Waals surface area contributed by atoms with E-state index in [-0.39, 0.29) is 17.7 Å². The number of hydrogen-bond donors (Lipinski definition) is 1. The van der Waals surface area contributed by atoms with Crippen LogP contribution in [-0.2, 0) is 11.3 Å². The second kappa shape index (κ2) is 8.93. The second-order valence-electron chi connectivity index (χ2n) is 4.44. The van der Waals surface area contributed by atoms with Crippen LogP contribution in [0.25, 0.3) is 0 Å². The number of halogens is 3. The second-order valence-corrected chi connectivity index (χ2v) is 5.14. The topological polar surface area (TPSA) is 47.0 Å². The molecule has 0 saturated carbocycles. The summed E-state index contributed by atoms with van der Waals surface area (Å²) in [5.74, 6) is 0. The van der Waals surface area contributed by atoms with Gasteiger partial charge in [0, 0.05) is 24.4 Å². The van der Waals surface area contributed by atoms with Crippen molar-refractivity contribution in [3.8, 4) is 0 Å². The van der Waals surface area contributed by atoms with Gasteiger partial charge >= 0.3 is 0 Å². The standard InChI is InChI=1S/C12H17Cl2N3O.ClH/c13-11-9(7-16-12(14)17-11)8-18-6-4-10-3-1-2-5-15-10;/h7,10,15H,1-6,8H2;1H. The summed E-state index contributed by atoms with van der Waals surface area (Å²) in [7, 11) is 0. The van der Waals surface area contributed by atoms with Crippen molar-refractivity contribution < 1.29 is 4.74 Å². The van der Waals surface area contributed by atoms with Gasteiger partial charge in [0.1, 0.15) is 5.15 Å². The van der Waals surface area contributed by atoms with E-state index in [1.807, 2.05) is 0 Å². The van der Waals surface area contributed by atoms with Gasteiger partial charge in [0.2, 0.25) is 5.28 Å². The van der Waals surface area contributed by atoms with Crippen LogP contribution in [0.3, 0.4) is 0 Å². The number of rotatable bonds is 5. The van der Waals surface area contributed by atoms with E-state index in [0.717, 1.165) is 25.1 Å². The molecule has 1 N–H and O–H groups in total. The Hall–Kier alpha value is -0.130. The van der Waals surface area contributed by atoms with Crippen molar-refractivity contribution in [3.05, 3.63) is 22.2 Å². The Bertz CT molecular complexity index is 386. The molecule has 0 amide bonds. The lowest BCUT2D eigenvalue weighted by atomic mass is 10.0. The van der Waals surface area contributed by atoms with Crippen LogP contribution < -0.4 is 5.32 Å². The summed E-state index contributed by atoms with van der Waals surface area (Å²) >= 11 is 11.6. The Balaban J connectivity index is 0.00000180. The summed E-state index contributed by atoms with van der Waals surface area (Å²) < 4.78 is 5.60. The number of piperidine rings is 1. The molecule has 1 fully saturated rings. The van der Waals surface area contributed by atoms with E-state index >= 15 is 0 Å². The van der Waals surface area contributed by atoms with Gasteiger partial charge in [0.05, 0.1) is 6.61 Å². The van der Waals surface area contributed by atoms with Gasteiger partial charge < -0.3 is 10.1 Å². The lowest BCUT2D eigenvalue weighted by Gasteiger charge is -2.23. The Morgan fingerprint density at radius 2 is 2.21 bits per heavy atom. The Morgan fingerprint density at radius 3 is 2.89 bits per heavy atom. The van der Waals surface area contributed by atoms with Crippen molar-refractivity contribution in [1.29, 1.82) is 0 Å². The summed E-state index contributed by atoms with van der Waals surface area (Å²) in [6.07, 6.45) is 6.49. The molecule has 2 rings (SSSR count). The molecular formula is C12H18Cl3N3O. The van der Waals surface area contributed by atoms with E-state index in [2.05, 4.69) is 15.3 Å². The fraction of sp³-hybridized carbons (Fsp3) is 0.667. The fourth-order valence-electron chi connectivity index (χ4n) is 2.04. The zero-order valence-corrected chi connectivity index (χ0v) is 12.9. The molecule has 0 radical (unpaired) electrons. The average Bonchev–Trinajstić information content (AvgIpc) is 2.38. The molecule has 0 aromatic carbocycles. The first-order valence-electron chi connectivity index (χ1n) is 6.24. The van der Waals surface area contributed by atoms with Crippen LogP contribution in [0.15, 0.2) is 6.20 Å². The van der Waals surface area contributed by atoms with E-state index in [0.29, 0.717) is 17.8 Å². The van der Waals surface area contributed by atoms with Gasteiger partial charge in [-0.1, -0.05) is 18.0 Å². The maximum absolute atomic E-state index is 5.93. The van der Waals surface area contributed by atoms with Crippen molar-refractivity contribution in [3.63, 3.8) is 0 Å². The van der Waals surface area contributed by atoms with Gasteiger partial charge in [-0.15, -0.1) is 12.4 Å². The highest BCUT2D eigenvalue weighted by atomic mass is 35.5. The van der Waals surface area contributed by atoms with Gasteiger partial charge in [-0.05, 0) is 37.4 Å². The first kappa shape index (κ1) is 16.9. The quantitative estimate of drug-likeness (QED) is 0.512. The van der Waals surface area contributed by atoms with Gasteiger partial charge in [-0.25, -0.2) is 9.97 Å². The summed E-state index contributed by atoms with van der Waals surface area (Å²) in [6.45, 7) is 2.28. The van der Waals surface area contributed by atoms with E-state index in [1.165, 1.54) is 19.3 Å². The minimum Gasteiger partial charge on any atom is -0.377 e. The van der Waals surface area contributed by atoms with Crippen LogP contribution in [0.5, 0.6) is 0 Å². The van der Waals surface area contributed by atoms with Gasteiger partial charge in [0.25, 0.3) is 0 Å². The van der Waals surface area contributed by atoms with Crippen LogP contribution in [0.2, 0.25) is 10.4 Å². The zero-order chi connectivity index (χ0) is 12.8. The maximum Gasteiger partial charge on any atom is 0.223 e. The third-order valence-electron chi connectivity index (χ3n) is 3.06. The molecule has 7 heteroatoms. The highest BCUT2D eigenvalue weighted by Crippen LogP contribution is 2.15. The number of nitrogens with one attached hydrogen (secondary N) is 1. The molecule has 0 bridgehead atoms. The minimum absolute atomic E-state index is 0. The van der Waals surface area contributed by atoms with Crippen LogP contribution in [0.1, 0.15) is 31.2 Å². The summed E-state index contributed by atoms with van der Waals surface area (Å²) in [5.41, 5.74) is 0.776. The van der Waals surface area contributed by atoms with E-state index < -0.39 is 0 Å². The highest BCUT2D eigenvalue weighted by molar-refractivity contribution is 6.32. The fourth-order valence-corrected chi connectivity index (χ4v) is 2.40. The molecule has 19 heavy (non-hydrogen) atoms. The van der Waals surface area contributed by atoms with Crippen molar-refractivity contribution in [2.75, 3.05) is 13.2 Å². The van der Waals surface area contributed by atoms with Crippen LogP contribution >= 0.6 is 35.6 Å². The van der Waals surface area contributed by atoms with E-state index in [9.17, 15) is 0 Å². The van der Waals surface area contributed by atoms with Crippen molar-refractivity contribution >= 4 is 35.6 Å². The molecule has 1 aromatic rings. The lowest BCUT2D eigenvalue weighted by molar-refractivity contribution is 0.108. The Kier molecular flexibility index (Phi) is 7.95. The molecule has 1 unspecified atom stereocenters. The molecule has 0 spiro atoms. The maximum atomic E-state index is 5.93.